The van der Waals surface area contributed by atoms with Gasteiger partial charge in [0.25, 0.3) is 0 Å². The first-order valence-corrected chi connectivity index (χ1v) is 13.6. The first kappa shape index (κ1) is 25.6. The lowest BCUT2D eigenvalue weighted by molar-refractivity contribution is 0.0690. The molecule has 3 aromatic heterocycles. The molecule has 1 N–H and O–H groups in total. The number of fused-ring (bicyclic) bond motifs is 1. The fourth-order valence-electron chi connectivity index (χ4n) is 5.17. The molecule has 1 saturated carbocycles. The van der Waals surface area contributed by atoms with Crippen molar-refractivity contribution in [2.45, 2.75) is 31.6 Å². The zero-order valence-corrected chi connectivity index (χ0v) is 22.7. The van der Waals surface area contributed by atoms with Crippen LogP contribution in [-0.4, -0.2) is 46.4 Å². The van der Waals surface area contributed by atoms with Crippen molar-refractivity contribution in [1.82, 2.24) is 15.1 Å². The van der Waals surface area contributed by atoms with Gasteiger partial charge >= 0.3 is 5.97 Å². The third kappa shape index (κ3) is 5.06. The number of aromatic carboxylic acids is 1. The number of halogens is 2. The molecule has 0 atom stereocenters. The van der Waals surface area contributed by atoms with Crippen LogP contribution >= 0.6 is 23.2 Å². The van der Waals surface area contributed by atoms with E-state index in [9.17, 15) is 9.90 Å². The SMILES string of the molecule is COc1cc(C(=O)O)nc2ccc(N3CCC(C=Cc4c(-c5c(Cl)cncc5Cl)noc4C4CC4)CC3)cc12. The smallest absolute Gasteiger partial charge is 0.354 e. The molecule has 4 aromatic rings. The summed E-state index contributed by atoms with van der Waals surface area (Å²) >= 11 is 12.9. The lowest BCUT2D eigenvalue weighted by atomic mass is 9.94. The van der Waals surface area contributed by atoms with Crippen LogP contribution in [0.4, 0.5) is 5.69 Å². The van der Waals surface area contributed by atoms with Crippen molar-refractivity contribution in [3.63, 3.8) is 0 Å². The molecule has 0 spiro atoms. The first-order valence-electron chi connectivity index (χ1n) is 12.9. The molecule has 8 nitrogen and oxygen atoms in total. The number of ether oxygens (including phenoxy) is 1. The van der Waals surface area contributed by atoms with Crippen LogP contribution in [0, 0.1) is 5.92 Å². The first-order chi connectivity index (χ1) is 18.9. The summed E-state index contributed by atoms with van der Waals surface area (Å²) in [6.45, 7) is 1.77. The largest absolute Gasteiger partial charge is 0.496 e. The minimum Gasteiger partial charge on any atom is -0.496 e. The zero-order valence-electron chi connectivity index (χ0n) is 21.2. The molecule has 39 heavy (non-hydrogen) atoms. The van der Waals surface area contributed by atoms with Crippen LogP contribution < -0.4 is 9.64 Å². The minimum atomic E-state index is -1.08. The second-order valence-corrected chi connectivity index (χ2v) is 10.8. The quantitative estimate of drug-likeness (QED) is 0.253. The van der Waals surface area contributed by atoms with Gasteiger partial charge in [-0.25, -0.2) is 9.78 Å². The molecule has 1 aliphatic heterocycles. The molecule has 0 unspecified atom stereocenters. The normalized spacial score (nSPS) is 16.3. The third-order valence-electron chi connectivity index (χ3n) is 7.43. The highest BCUT2D eigenvalue weighted by molar-refractivity contribution is 6.39. The molecule has 200 valence electrons. The van der Waals surface area contributed by atoms with E-state index in [2.05, 4.69) is 32.2 Å². The van der Waals surface area contributed by atoms with Gasteiger partial charge < -0.3 is 19.3 Å². The van der Waals surface area contributed by atoms with E-state index in [0.29, 0.717) is 44.4 Å². The number of hydrogen-bond acceptors (Lipinski definition) is 7. The van der Waals surface area contributed by atoms with Gasteiger partial charge in [-0.05, 0) is 49.8 Å². The van der Waals surface area contributed by atoms with E-state index in [1.165, 1.54) is 13.2 Å². The van der Waals surface area contributed by atoms with Gasteiger partial charge in [-0.2, -0.15) is 0 Å². The van der Waals surface area contributed by atoms with Crippen molar-refractivity contribution in [3.05, 3.63) is 69.8 Å². The molecule has 10 heteroatoms. The summed E-state index contributed by atoms with van der Waals surface area (Å²) in [5, 5.41) is 15.4. The molecule has 4 heterocycles. The second kappa shape index (κ2) is 10.5. The Kier molecular flexibility index (Phi) is 6.91. The monoisotopic (exact) mass is 564 g/mol. The number of carboxylic acids is 1. The maximum absolute atomic E-state index is 11.4. The number of aromatic nitrogens is 3. The van der Waals surface area contributed by atoms with Crippen molar-refractivity contribution < 1.29 is 19.2 Å². The van der Waals surface area contributed by atoms with Crippen molar-refractivity contribution in [2.75, 3.05) is 25.1 Å². The number of carbonyl (C=O) groups is 1. The molecule has 2 fully saturated rings. The number of methoxy groups -OCH3 is 1. The van der Waals surface area contributed by atoms with E-state index in [-0.39, 0.29) is 5.69 Å². The predicted octanol–water partition coefficient (Wildman–Crippen LogP) is 7.11. The maximum atomic E-state index is 11.4. The fourth-order valence-corrected chi connectivity index (χ4v) is 5.71. The van der Waals surface area contributed by atoms with E-state index >= 15 is 0 Å². The fraction of sp³-hybridized carbons (Fsp3) is 0.310. The van der Waals surface area contributed by atoms with Crippen LogP contribution in [0.25, 0.3) is 28.2 Å². The molecule has 0 bridgehead atoms. The average Bonchev–Trinajstić information content (AvgIpc) is 3.71. The maximum Gasteiger partial charge on any atom is 0.354 e. The number of rotatable bonds is 7. The number of piperidine rings is 1. The number of nitrogens with zero attached hydrogens (tertiary/aromatic N) is 4. The van der Waals surface area contributed by atoms with Gasteiger partial charge in [0.2, 0.25) is 0 Å². The summed E-state index contributed by atoms with van der Waals surface area (Å²) in [6.07, 6.45) is 11.7. The summed E-state index contributed by atoms with van der Waals surface area (Å²) in [5.74, 6) is 1.10. The Labute approximate surface area is 235 Å². The summed E-state index contributed by atoms with van der Waals surface area (Å²) in [6, 6.07) is 7.33. The lowest BCUT2D eigenvalue weighted by Crippen LogP contribution is -2.33. The number of carboxylic acid groups (broad SMARTS) is 1. The molecular weight excluding hydrogens is 539 g/mol. The Balaban J connectivity index is 1.20. The molecule has 6 rings (SSSR count). The van der Waals surface area contributed by atoms with Crippen LogP contribution in [0.2, 0.25) is 10.0 Å². The van der Waals surface area contributed by atoms with Gasteiger partial charge in [0.1, 0.15) is 17.2 Å². The molecule has 1 aromatic carbocycles. The van der Waals surface area contributed by atoms with Crippen LogP contribution in [0.1, 0.15) is 53.4 Å². The van der Waals surface area contributed by atoms with E-state index in [1.54, 1.807) is 12.4 Å². The predicted molar refractivity (Wildman–Crippen MR) is 151 cm³/mol. The number of pyridine rings is 2. The van der Waals surface area contributed by atoms with Crippen LogP contribution in [0.15, 0.2) is 47.3 Å². The van der Waals surface area contributed by atoms with Crippen LogP contribution in [0.3, 0.4) is 0 Å². The Bertz CT molecular complexity index is 1570. The van der Waals surface area contributed by atoms with Gasteiger partial charge in [-0.1, -0.05) is 40.5 Å². The number of hydrogen-bond donors (Lipinski definition) is 1. The molecule has 2 aliphatic rings. The van der Waals surface area contributed by atoms with Crippen molar-refractivity contribution >= 4 is 51.8 Å². The van der Waals surface area contributed by atoms with Gasteiger partial charge in [0.15, 0.2) is 5.69 Å². The summed E-state index contributed by atoms with van der Waals surface area (Å²) in [7, 11) is 1.54. The van der Waals surface area contributed by atoms with Gasteiger partial charge in [0, 0.05) is 59.7 Å². The highest BCUT2D eigenvalue weighted by Crippen LogP contribution is 2.46. The van der Waals surface area contributed by atoms with Gasteiger partial charge in [-0.3, -0.25) is 4.98 Å². The highest BCUT2D eigenvalue weighted by Gasteiger charge is 2.33. The number of allylic oxidation sites excluding steroid dienone is 1. The summed E-state index contributed by atoms with van der Waals surface area (Å²) in [4.78, 5) is 22.1. The minimum absolute atomic E-state index is 0.0333. The Morgan fingerprint density at radius 2 is 1.87 bits per heavy atom. The number of benzene rings is 1. The Morgan fingerprint density at radius 1 is 1.13 bits per heavy atom. The molecular formula is C29H26Cl2N4O4. The second-order valence-electron chi connectivity index (χ2n) is 9.96. The third-order valence-corrected chi connectivity index (χ3v) is 8.00. The lowest BCUT2D eigenvalue weighted by Gasteiger charge is -2.32. The van der Waals surface area contributed by atoms with Crippen molar-refractivity contribution in [1.29, 1.82) is 0 Å². The van der Waals surface area contributed by atoms with E-state index in [0.717, 1.165) is 61.2 Å². The summed E-state index contributed by atoms with van der Waals surface area (Å²) < 4.78 is 11.2. The van der Waals surface area contributed by atoms with Gasteiger partial charge in [0.05, 0.1) is 22.7 Å². The van der Waals surface area contributed by atoms with E-state index in [4.69, 9.17) is 32.5 Å². The Hall–Kier alpha value is -3.62. The van der Waals surface area contributed by atoms with Gasteiger partial charge in [-0.15, -0.1) is 0 Å². The van der Waals surface area contributed by atoms with E-state index in [1.807, 2.05) is 18.2 Å². The Morgan fingerprint density at radius 3 is 2.54 bits per heavy atom. The molecule has 0 radical (unpaired) electrons. The topological polar surface area (TPSA) is 102 Å². The standard InChI is InChI=1S/C29H26Cl2N4O4/c1-38-25-13-24(29(36)37)33-23-7-5-18(12-20(23)25)35-10-8-16(9-11-35)2-6-19-27(34-39-28(19)17-3-4-17)26-21(30)14-32-15-22(26)31/h2,5-7,12-17H,3-4,8-11H2,1H3,(H,36,37). The molecule has 1 saturated heterocycles. The summed E-state index contributed by atoms with van der Waals surface area (Å²) in [5.41, 5.74) is 3.88. The van der Waals surface area contributed by atoms with Crippen LogP contribution in [0.5, 0.6) is 5.75 Å². The molecule has 1 aliphatic carbocycles. The average molecular weight is 565 g/mol. The van der Waals surface area contributed by atoms with Crippen LogP contribution in [-0.2, 0) is 0 Å². The molecule has 0 amide bonds. The number of anilines is 1. The highest BCUT2D eigenvalue weighted by atomic mass is 35.5. The van der Waals surface area contributed by atoms with E-state index < -0.39 is 5.97 Å². The van der Waals surface area contributed by atoms with Crippen molar-refractivity contribution in [3.8, 4) is 17.0 Å². The van der Waals surface area contributed by atoms with Crippen molar-refractivity contribution in [2.24, 2.45) is 5.92 Å². The zero-order chi connectivity index (χ0) is 27.1.